The molecule has 0 N–H and O–H groups in total. The van der Waals surface area contributed by atoms with Gasteiger partial charge in [-0.25, -0.2) is 0 Å². The van der Waals surface area contributed by atoms with Gasteiger partial charge in [0, 0.05) is 15.0 Å². The molecule has 0 saturated heterocycles. The van der Waals surface area contributed by atoms with E-state index in [1.807, 2.05) is 23.5 Å². The average Bonchev–Trinajstić information content (AvgIpc) is 2.08. The van der Waals surface area contributed by atoms with Crippen LogP contribution in [0.25, 0.3) is 0 Å². The summed E-state index contributed by atoms with van der Waals surface area (Å²) in [6.45, 7) is 6.66. The van der Waals surface area contributed by atoms with Crippen molar-refractivity contribution in [3.8, 4) is 0 Å². The summed E-state index contributed by atoms with van der Waals surface area (Å²) in [5.41, 5.74) is 0. The minimum absolute atomic E-state index is 0.665. The Morgan fingerprint density at radius 3 is 2.31 bits per heavy atom. The van der Waals surface area contributed by atoms with Crippen molar-refractivity contribution in [3.05, 3.63) is 24.3 Å². The van der Waals surface area contributed by atoms with Crippen LogP contribution in [0.2, 0.25) is 0 Å². The van der Waals surface area contributed by atoms with Crippen molar-refractivity contribution in [1.82, 2.24) is 0 Å². The molecule has 1 rings (SSSR count). The van der Waals surface area contributed by atoms with Gasteiger partial charge in [-0.15, -0.1) is 23.5 Å². The lowest BCUT2D eigenvalue weighted by Gasteiger charge is -2.09. The normalized spacial score (nSPS) is 10.8. The highest BCUT2D eigenvalue weighted by Crippen LogP contribution is 2.32. The number of hydrogen-bond acceptors (Lipinski definition) is 2. The molecule has 0 aliphatic heterocycles. The van der Waals surface area contributed by atoms with Gasteiger partial charge in [-0.2, -0.15) is 0 Å². The van der Waals surface area contributed by atoms with E-state index in [9.17, 15) is 0 Å². The molecule has 0 saturated carbocycles. The Morgan fingerprint density at radius 2 is 1.77 bits per heavy atom. The molecule has 0 fully saturated rings. The maximum atomic E-state index is 2.23. The predicted molar refractivity (Wildman–Crippen MR) is 63.8 cm³/mol. The highest BCUT2D eigenvalue weighted by molar-refractivity contribution is 8.02. The van der Waals surface area contributed by atoms with Crippen molar-refractivity contribution in [2.45, 2.75) is 35.8 Å². The SMILES string of the molecule is CCSc1ccccc1SC(C)C. The Labute approximate surface area is 89.5 Å². The predicted octanol–water partition coefficient (Wildman–Crippen LogP) is 4.30. The summed E-state index contributed by atoms with van der Waals surface area (Å²) in [4.78, 5) is 2.84. The van der Waals surface area contributed by atoms with Crippen LogP contribution in [0.3, 0.4) is 0 Å². The summed E-state index contributed by atoms with van der Waals surface area (Å²) in [5.74, 6) is 1.15. The smallest absolute Gasteiger partial charge is 0.0211 e. The Kier molecular flexibility index (Phi) is 4.74. The fraction of sp³-hybridized carbons (Fsp3) is 0.455. The summed E-state index contributed by atoms with van der Waals surface area (Å²) < 4.78 is 0. The zero-order chi connectivity index (χ0) is 9.68. The van der Waals surface area contributed by atoms with Crippen LogP contribution in [-0.2, 0) is 0 Å². The van der Waals surface area contributed by atoms with Gasteiger partial charge in [-0.1, -0.05) is 32.9 Å². The molecule has 0 aliphatic carbocycles. The van der Waals surface area contributed by atoms with Crippen LogP contribution in [-0.4, -0.2) is 11.0 Å². The maximum absolute atomic E-state index is 2.23. The molecule has 72 valence electrons. The lowest BCUT2D eigenvalue weighted by molar-refractivity contribution is 1.10. The summed E-state index contributed by atoms with van der Waals surface area (Å²) >= 11 is 3.87. The van der Waals surface area contributed by atoms with Gasteiger partial charge in [0.2, 0.25) is 0 Å². The van der Waals surface area contributed by atoms with Crippen molar-refractivity contribution >= 4 is 23.5 Å². The van der Waals surface area contributed by atoms with Crippen molar-refractivity contribution in [2.75, 3.05) is 5.75 Å². The first-order valence-corrected chi connectivity index (χ1v) is 6.49. The third-order valence-electron chi connectivity index (χ3n) is 1.51. The van der Waals surface area contributed by atoms with E-state index in [2.05, 4.69) is 45.0 Å². The molecule has 0 heterocycles. The van der Waals surface area contributed by atoms with Crippen molar-refractivity contribution < 1.29 is 0 Å². The molecule has 0 nitrogen and oxygen atoms in total. The number of rotatable bonds is 4. The molecule has 2 heteroatoms. The van der Waals surface area contributed by atoms with Crippen molar-refractivity contribution in [2.24, 2.45) is 0 Å². The van der Waals surface area contributed by atoms with Gasteiger partial charge in [0.25, 0.3) is 0 Å². The van der Waals surface area contributed by atoms with Gasteiger partial charge < -0.3 is 0 Å². The molecule has 0 unspecified atom stereocenters. The Bertz CT molecular complexity index is 256. The van der Waals surface area contributed by atoms with Gasteiger partial charge >= 0.3 is 0 Å². The first kappa shape index (κ1) is 11.0. The molecule has 13 heavy (non-hydrogen) atoms. The molecular weight excluding hydrogens is 196 g/mol. The molecule has 0 atom stereocenters. The van der Waals surface area contributed by atoms with Crippen molar-refractivity contribution in [1.29, 1.82) is 0 Å². The van der Waals surface area contributed by atoms with Crippen LogP contribution in [0.1, 0.15) is 20.8 Å². The molecule has 0 aromatic heterocycles. The number of hydrogen-bond donors (Lipinski definition) is 0. The Balaban J connectivity index is 2.78. The van der Waals surface area contributed by atoms with E-state index in [1.54, 1.807) is 0 Å². The minimum atomic E-state index is 0.665. The zero-order valence-electron chi connectivity index (χ0n) is 8.41. The summed E-state index contributed by atoms with van der Waals surface area (Å²) in [6, 6.07) is 8.65. The summed E-state index contributed by atoms with van der Waals surface area (Å²) in [6.07, 6.45) is 0. The summed E-state index contributed by atoms with van der Waals surface area (Å²) in [7, 11) is 0. The van der Waals surface area contributed by atoms with Crippen LogP contribution < -0.4 is 0 Å². The standard InChI is InChI=1S/C11H16S2/c1-4-12-10-7-5-6-8-11(10)13-9(2)3/h5-9H,4H2,1-3H3. The quantitative estimate of drug-likeness (QED) is 0.683. The van der Waals surface area contributed by atoms with E-state index < -0.39 is 0 Å². The third kappa shape index (κ3) is 3.65. The largest absolute Gasteiger partial charge is 0.125 e. The maximum Gasteiger partial charge on any atom is 0.0211 e. The van der Waals surface area contributed by atoms with Crippen LogP contribution in [0, 0.1) is 0 Å². The molecule has 1 aromatic carbocycles. The van der Waals surface area contributed by atoms with E-state index in [1.165, 1.54) is 9.79 Å². The Morgan fingerprint density at radius 1 is 1.15 bits per heavy atom. The Hall–Kier alpha value is -0.0800. The van der Waals surface area contributed by atoms with Gasteiger partial charge in [0.1, 0.15) is 0 Å². The van der Waals surface area contributed by atoms with Gasteiger partial charge in [-0.3, -0.25) is 0 Å². The van der Waals surface area contributed by atoms with Gasteiger partial charge in [0.05, 0.1) is 0 Å². The highest BCUT2D eigenvalue weighted by Gasteiger charge is 2.03. The van der Waals surface area contributed by atoms with E-state index in [4.69, 9.17) is 0 Å². The molecule has 0 spiro atoms. The fourth-order valence-electron chi connectivity index (χ4n) is 1.08. The van der Waals surface area contributed by atoms with Crippen LogP contribution in [0.15, 0.2) is 34.1 Å². The topological polar surface area (TPSA) is 0 Å². The van der Waals surface area contributed by atoms with Gasteiger partial charge in [-0.05, 0) is 17.9 Å². The summed E-state index contributed by atoms with van der Waals surface area (Å²) in [5, 5.41) is 0.665. The second kappa shape index (κ2) is 5.61. The lowest BCUT2D eigenvalue weighted by atomic mass is 10.4. The minimum Gasteiger partial charge on any atom is -0.125 e. The number of thioether (sulfide) groups is 2. The van der Waals surface area contributed by atoms with E-state index in [0.29, 0.717) is 5.25 Å². The van der Waals surface area contributed by atoms with Crippen LogP contribution in [0.5, 0.6) is 0 Å². The fourth-order valence-corrected chi connectivity index (χ4v) is 2.94. The highest BCUT2D eigenvalue weighted by atomic mass is 32.2. The monoisotopic (exact) mass is 212 g/mol. The van der Waals surface area contributed by atoms with Crippen LogP contribution in [0.4, 0.5) is 0 Å². The molecule has 0 bridgehead atoms. The van der Waals surface area contributed by atoms with E-state index >= 15 is 0 Å². The van der Waals surface area contributed by atoms with Crippen molar-refractivity contribution in [3.63, 3.8) is 0 Å². The average molecular weight is 212 g/mol. The zero-order valence-corrected chi connectivity index (χ0v) is 10.0. The molecular formula is C11H16S2. The van der Waals surface area contributed by atoms with E-state index in [-0.39, 0.29) is 0 Å². The lowest BCUT2D eigenvalue weighted by Crippen LogP contribution is -1.87. The second-order valence-electron chi connectivity index (χ2n) is 3.05. The number of benzene rings is 1. The molecule has 0 radical (unpaired) electrons. The molecule has 0 aliphatic rings. The molecule has 1 aromatic rings. The van der Waals surface area contributed by atoms with E-state index in [0.717, 1.165) is 5.75 Å². The second-order valence-corrected chi connectivity index (χ2v) is 5.97. The first-order valence-electron chi connectivity index (χ1n) is 4.62. The van der Waals surface area contributed by atoms with Gasteiger partial charge in [0.15, 0.2) is 0 Å². The first-order chi connectivity index (χ1) is 6.24. The van der Waals surface area contributed by atoms with Crippen LogP contribution >= 0.6 is 23.5 Å². The third-order valence-corrected chi connectivity index (χ3v) is 3.68. The molecule has 0 amide bonds.